The van der Waals surface area contributed by atoms with Crippen molar-refractivity contribution in [1.82, 2.24) is 14.2 Å². The largest absolute Gasteiger partial charge is 0.481 e. The van der Waals surface area contributed by atoms with Crippen molar-refractivity contribution in [3.8, 4) is 0 Å². The van der Waals surface area contributed by atoms with Crippen LogP contribution >= 0.6 is 0 Å². The lowest BCUT2D eigenvalue weighted by Gasteiger charge is -2.25. The Morgan fingerprint density at radius 2 is 2.17 bits per heavy atom. The van der Waals surface area contributed by atoms with Gasteiger partial charge in [0, 0.05) is 44.8 Å². The summed E-state index contributed by atoms with van der Waals surface area (Å²) in [7, 11) is -3.36. The number of carboxylic acid groups (broad SMARTS) is 1. The van der Waals surface area contributed by atoms with E-state index in [4.69, 9.17) is 0 Å². The van der Waals surface area contributed by atoms with Crippen LogP contribution in [0.2, 0.25) is 0 Å². The van der Waals surface area contributed by atoms with Gasteiger partial charge in [-0.15, -0.1) is 0 Å². The van der Waals surface area contributed by atoms with Gasteiger partial charge in [-0.25, -0.2) is 12.7 Å². The van der Waals surface area contributed by atoms with Gasteiger partial charge in [-0.2, -0.15) is 0 Å². The molecule has 3 heterocycles. The highest BCUT2D eigenvalue weighted by atomic mass is 32.2. The van der Waals surface area contributed by atoms with Crippen LogP contribution in [0.25, 0.3) is 0 Å². The van der Waals surface area contributed by atoms with Crippen molar-refractivity contribution in [1.29, 1.82) is 0 Å². The number of aryl methyl sites for hydroxylation is 1. The Hall–Kier alpha value is -1.51. The zero-order chi connectivity index (χ0) is 17.5. The van der Waals surface area contributed by atoms with Crippen LogP contribution in [0.1, 0.15) is 18.2 Å². The SMILES string of the molecule is CCS(=O)(=O)N1C[C@@H]2CN(Cc3ncccc3C)C[C@]2(C(=O)O)C1. The van der Waals surface area contributed by atoms with Crippen molar-refractivity contribution in [2.24, 2.45) is 11.3 Å². The minimum absolute atomic E-state index is 0.00621. The van der Waals surface area contributed by atoms with E-state index in [0.717, 1.165) is 11.3 Å². The van der Waals surface area contributed by atoms with Crippen LogP contribution in [-0.4, -0.2) is 65.6 Å². The molecule has 7 nitrogen and oxygen atoms in total. The van der Waals surface area contributed by atoms with Gasteiger partial charge in [-0.05, 0) is 25.5 Å². The Labute approximate surface area is 142 Å². The molecule has 0 radical (unpaired) electrons. The van der Waals surface area contributed by atoms with Crippen molar-refractivity contribution in [3.05, 3.63) is 29.6 Å². The number of carbonyl (C=O) groups is 1. The lowest BCUT2D eigenvalue weighted by Crippen LogP contribution is -2.42. The van der Waals surface area contributed by atoms with Crippen LogP contribution in [0.5, 0.6) is 0 Å². The molecule has 2 aliphatic heterocycles. The van der Waals surface area contributed by atoms with Crippen LogP contribution in [0.15, 0.2) is 18.3 Å². The van der Waals surface area contributed by atoms with Gasteiger partial charge in [-0.1, -0.05) is 6.07 Å². The first-order chi connectivity index (χ1) is 11.3. The number of pyridine rings is 1. The quantitative estimate of drug-likeness (QED) is 0.832. The smallest absolute Gasteiger partial charge is 0.312 e. The van der Waals surface area contributed by atoms with Gasteiger partial charge in [0.2, 0.25) is 10.0 Å². The predicted molar refractivity (Wildman–Crippen MR) is 88.8 cm³/mol. The van der Waals surface area contributed by atoms with Gasteiger partial charge in [0.25, 0.3) is 0 Å². The number of carboxylic acids is 1. The van der Waals surface area contributed by atoms with E-state index < -0.39 is 21.4 Å². The molecule has 0 amide bonds. The number of hydrogen-bond donors (Lipinski definition) is 1. The number of aromatic nitrogens is 1. The Morgan fingerprint density at radius 3 is 2.75 bits per heavy atom. The molecule has 1 aromatic heterocycles. The number of aliphatic carboxylic acids is 1. The minimum atomic E-state index is -3.36. The topological polar surface area (TPSA) is 90.8 Å². The third kappa shape index (κ3) is 2.82. The summed E-state index contributed by atoms with van der Waals surface area (Å²) >= 11 is 0. The molecule has 132 valence electrons. The number of hydrogen-bond acceptors (Lipinski definition) is 5. The maximum Gasteiger partial charge on any atom is 0.312 e. The molecule has 0 aliphatic carbocycles. The van der Waals surface area contributed by atoms with Gasteiger partial charge in [0.05, 0.1) is 16.9 Å². The van der Waals surface area contributed by atoms with E-state index in [1.54, 1.807) is 13.1 Å². The number of nitrogens with zero attached hydrogens (tertiary/aromatic N) is 3. The molecule has 0 bridgehead atoms. The Kier molecular flexibility index (Phi) is 4.39. The Morgan fingerprint density at radius 1 is 1.42 bits per heavy atom. The van der Waals surface area contributed by atoms with Crippen LogP contribution < -0.4 is 0 Å². The molecule has 0 spiro atoms. The molecule has 2 aliphatic rings. The first-order valence-corrected chi connectivity index (χ1v) is 9.73. The molecule has 3 rings (SSSR count). The number of fused-ring (bicyclic) bond motifs is 1. The second-order valence-electron chi connectivity index (χ2n) is 6.79. The van der Waals surface area contributed by atoms with E-state index in [2.05, 4.69) is 9.88 Å². The van der Waals surface area contributed by atoms with Crippen molar-refractivity contribution in [2.75, 3.05) is 31.9 Å². The third-order valence-electron chi connectivity index (χ3n) is 5.32. The van der Waals surface area contributed by atoms with Crippen LogP contribution in [0.3, 0.4) is 0 Å². The maximum absolute atomic E-state index is 12.1. The molecule has 1 N–H and O–H groups in total. The zero-order valence-electron chi connectivity index (χ0n) is 14.0. The number of sulfonamides is 1. The lowest BCUT2D eigenvalue weighted by atomic mass is 9.81. The molecule has 2 atom stereocenters. The second-order valence-corrected chi connectivity index (χ2v) is 9.05. The first kappa shape index (κ1) is 17.3. The second kappa shape index (κ2) is 6.09. The maximum atomic E-state index is 12.1. The van der Waals surface area contributed by atoms with Crippen LogP contribution in [0.4, 0.5) is 0 Å². The highest BCUT2D eigenvalue weighted by molar-refractivity contribution is 7.89. The van der Waals surface area contributed by atoms with Gasteiger partial charge < -0.3 is 5.11 Å². The summed E-state index contributed by atoms with van der Waals surface area (Å²) in [4.78, 5) is 18.4. The number of likely N-dealkylation sites (tertiary alicyclic amines) is 1. The Bertz CT molecular complexity index is 751. The molecular weight excluding hydrogens is 330 g/mol. The fourth-order valence-corrected chi connectivity index (χ4v) is 5.04. The molecule has 2 saturated heterocycles. The average molecular weight is 353 g/mol. The normalized spacial score (nSPS) is 28.2. The summed E-state index contributed by atoms with van der Waals surface area (Å²) in [5, 5.41) is 9.81. The summed E-state index contributed by atoms with van der Waals surface area (Å²) in [6, 6.07) is 3.87. The summed E-state index contributed by atoms with van der Waals surface area (Å²) < 4.78 is 25.6. The minimum Gasteiger partial charge on any atom is -0.481 e. The molecule has 0 unspecified atom stereocenters. The lowest BCUT2D eigenvalue weighted by molar-refractivity contribution is -0.148. The third-order valence-corrected chi connectivity index (χ3v) is 7.12. The average Bonchev–Trinajstić information content (AvgIpc) is 3.05. The number of rotatable bonds is 5. The molecule has 0 aromatic carbocycles. The highest BCUT2D eigenvalue weighted by Gasteiger charge is 2.59. The van der Waals surface area contributed by atoms with Crippen molar-refractivity contribution in [2.45, 2.75) is 20.4 Å². The van der Waals surface area contributed by atoms with E-state index >= 15 is 0 Å². The summed E-state index contributed by atoms with van der Waals surface area (Å²) in [5.41, 5.74) is 1.01. The standard InChI is InChI=1S/C16H23N3O4S/c1-3-24(22,23)19-8-13-7-18(10-16(13,11-19)15(20)21)9-14-12(2)5-4-6-17-14/h4-6,13H,3,7-11H2,1-2H3,(H,20,21)/t13-,16-/m0/s1. The molecule has 8 heteroatoms. The summed E-state index contributed by atoms with van der Waals surface area (Å²) in [5.74, 6) is -1.08. The molecular formula is C16H23N3O4S. The molecule has 2 fully saturated rings. The first-order valence-electron chi connectivity index (χ1n) is 8.12. The molecule has 24 heavy (non-hydrogen) atoms. The van der Waals surface area contributed by atoms with E-state index in [1.807, 2.05) is 19.1 Å². The van der Waals surface area contributed by atoms with Crippen LogP contribution in [0, 0.1) is 18.3 Å². The molecule has 1 aromatic rings. The fourth-order valence-electron chi connectivity index (χ4n) is 3.84. The zero-order valence-corrected chi connectivity index (χ0v) is 14.8. The monoisotopic (exact) mass is 353 g/mol. The predicted octanol–water partition coefficient (Wildman–Crippen LogP) is 0.558. The van der Waals surface area contributed by atoms with E-state index in [1.165, 1.54) is 4.31 Å². The molecule has 0 saturated carbocycles. The Balaban J connectivity index is 1.79. The van der Waals surface area contributed by atoms with Gasteiger partial charge in [0.15, 0.2) is 0 Å². The van der Waals surface area contributed by atoms with Gasteiger partial charge in [-0.3, -0.25) is 14.7 Å². The highest BCUT2D eigenvalue weighted by Crippen LogP contribution is 2.44. The van der Waals surface area contributed by atoms with E-state index in [0.29, 0.717) is 26.2 Å². The van der Waals surface area contributed by atoms with Gasteiger partial charge >= 0.3 is 5.97 Å². The van der Waals surface area contributed by atoms with Crippen molar-refractivity contribution < 1.29 is 18.3 Å². The summed E-state index contributed by atoms with van der Waals surface area (Å²) in [6.45, 7) is 5.48. The summed E-state index contributed by atoms with van der Waals surface area (Å²) in [6.07, 6.45) is 1.74. The van der Waals surface area contributed by atoms with Crippen molar-refractivity contribution >= 4 is 16.0 Å². The van der Waals surface area contributed by atoms with Crippen molar-refractivity contribution in [3.63, 3.8) is 0 Å². The van der Waals surface area contributed by atoms with Crippen LogP contribution in [-0.2, 0) is 21.4 Å². The van der Waals surface area contributed by atoms with E-state index in [-0.39, 0.29) is 18.2 Å². The van der Waals surface area contributed by atoms with Gasteiger partial charge in [0.1, 0.15) is 0 Å². The fraction of sp³-hybridized carbons (Fsp3) is 0.625. The van der Waals surface area contributed by atoms with E-state index in [9.17, 15) is 18.3 Å².